The van der Waals surface area contributed by atoms with Gasteiger partial charge in [0.25, 0.3) is 0 Å². The van der Waals surface area contributed by atoms with Crippen molar-refractivity contribution in [3.63, 3.8) is 0 Å². The van der Waals surface area contributed by atoms with Crippen LogP contribution in [0.25, 0.3) is 0 Å². The van der Waals surface area contributed by atoms with Crippen molar-refractivity contribution in [2.24, 2.45) is 0 Å². The minimum atomic E-state index is -2.63. The Bertz CT molecular complexity index is 418. The summed E-state index contributed by atoms with van der Waals surface area (Å²) in [6.45, 7) is 2.82. The fourth-order valence-electron chi connectivity index (χ4n) is 1.19. The molecule has 0 saturated carbocycles. The highest BCUT2D eigenvalue weighted by Crippen LogP contribution is 2.23. The van der Waals surface area contributed by atoms with E-state index in [4.69, 9.17) is 15.3 Å². The van der Waals surface area contributed by atoms with Crippen LogP contribution < -0.4 is 0 Å². The summed E-state index contributed by atoms with van der Waals surface area (Å²) in [6.07, 6.45) is -0.953. The molecule has 0 aromatic heterocycles. The molecule has 0 bridgehead atoms. The van der Waals surface area contributed by atoms with Crippen molar-refractivity contribution in [1.29, 1.82) is 0 Å². The number of esters is 1. The lowest BCUT2D eigenvalue weighted by Crippen LogP contribution is -2.47. The number of hydrogen-bond donors (Lipinski definition) is 3. The van der Waals surface area contributed by atoms with E-state index >= 15 is 0 Å². The first-order valence-corrected chi connectivity index (χ1v) is 5.18. The maximum absolute atomic E-state index is 11.5. The van der Waals surface area contributed by atoms with Crippen molar-refractivity contribution in [3.05, 3.63) is 11.6 Å². The minimum absolute atomic E-state index is 0.0430. The summed E-state index contributed by atoms with van der Waals surface area (Å²) in [7, 11) is 0. The van der Waals surface area contributed by atoms with Crippen LogP contribution in [0.15, 0.2) is 11.6 Å². The van der Waals surface area contributed by atoms with Crippen LogP contribution in [0.5, 0.6) is 0 Å². The van der Waals surface area contributed by atoms with Gasteiger partial charge in [0.15, 0.2) is 0 Å². The third-order valence-corrected chi connectivity index (χ3v) is 2.31. The molecule has 8 nitrogen and oxygen atoms in total. The number of allylic oxidation sites excluding steroid dienone is 1. The van der Waals surface area contributed by atoms with Gasteiger partial charge < -0.3 is 20.1 Å². The number of carbonyl (C=O) groups excluding carboxylic acids is 1. The second-order valence-electron chi connectivity index (χ2n) is 3.80. The van der Waals surface area contributed by atoms with E-state index in [1.165, 1.54) is 19.9 Å². The van der Waals surface area contributed by atoms with Gasteiger partial charge in [0.1, 0.15) is 0 Å². The van der Waals surface area contributed by atoms with Gasteiger partial charge in [0.2, 0.25) is 5.60 Å². The van der Waals surface area contributed by atoms with Crippen LogP contribution in [0.4, 0.5) is 0 Å². The van der Waals surface area contributed by atoms with E-state index in [0.717, 1.165) is 0 Å². The van der Waals surface area contributed by atoms with E-state index in [9.17, 15) is 19.2 Å². The average molecular weight is 274 g/mol. The molecule has 0 radical (unpaired) electrons. The zero-order valence-electron chi connectivity index (χ0n) is 10.4. The predicted octanol–water partition coefficient (Wildman–Crippen LogP) is 0.269. The van der Waals surface area contributed by atoms with E-state index < -0.39 is 42.3 Å². The van der Waals surface area contributed by atoms with Crippen LogP contribution in [0.1, 0.15) is 26.7 Å². The van der Waals surface area contributed by atoms with Gasteiger partial charge >= 0.3 is 23.9 Å². The van der Waals surface area contributed by atoms with E-state index in [-0.39, 0.29) is 5.57 Å². The number of aliphatic carboxylic acids is 3. The number of hydrogen-bond acceptors (Lipinski definition) is 5. The quantitative estimate of drug-likeness (QED) is 0.444. The first kappa shape index (κ1) is 16.6. The molecule has 0 rings (SSSR count). The number of carboxylic acid groups (broad SMARTS) is 3. The van der Waals surface area contributed by atoms with Crippen molar-refractivity contribution in [2.45, 2.75) is 32.3 Å². The van der Waals surface area contributed by atoms with Gasteiger partial charge in [-0.05, 0) is 13.8 Å². The van der Waals surface area contributed by atoms with Crippen LogP contribution in [0.2, 0.25) is 0 Å². The zero-order valence-corrected chi connectivity index (χ0v) is 10.4. The molecule has 0 aliphatic heterocycles. The van der Waals surface area contributed by atoms with Crippen LogP contribution in [0, 0.1) is 0 Å². The third kappa shape index (κ3) is 4.78. The number of ether oxygens (including phenoxy) is 1. The third-order valence-electron chi connectivity index (χ3n) is 2.31. The SMILES string of the molecule is CC=C(C)C(=O)OC(CC(=O)O)(CC(=O)O)C(=O)O. The van der Waals surface area contributed by atoms with Gasteiger partial charge in [-0.15, -0.1) is 0 Å². The lowest BCUT2D eigenvalue weighted by atomic mass is 9.95. The Morgan fingerprint density at radius 1 is 1.05 bits per heavy atom. The van der Waals surface area contributed by atoms with Gasteiger partial charge in [-0.2, -0.15) is 0 Å². The van der Waals surface area contributed by atoms with Gasteiger partial charge in [-0.3, -0.25) is 9.59 Å². The summed E-state index contributed by atoms with van der Waals surface area (Å²) in [6, 6.07) is 0. The summed E-state index contributed by atoms with van der Waals surface area (Å²) in [5, 5.41) is 26.3. The summed E-state index contributed by atoms with van der Waals surface area (Å²) < 4.78 is 4.61. The molecular formula is C11H14O8. The standard InChI is InChI=1S/C11H14O8/c1-3-6(2)9(16)19-11(10(17)18,4-7(12)13)5-8(14)15/h3H,4-5H2,1-2H3,(H,12,13)(H,14,15)(H,17,18). The van der Waals surface area contributed by atoms with Crippen molar-refractivity contribution in [2.75, 3.05) is 0 Å². The molecule has 19 heavy (non-hydrogen) atoms. The number of carbonyl (C=O) groups is 4. The lowest BCUT2D eigenvalue weighted by Gasteiger charge is -2.26. The highest BCUT2D eigenvalue weighted by Gasteiger charge is 2.47. The lowest BCUT2D eigenvalue weighted by molar-refractivity contribution is -0.183. The van der Waals surface area contributed by atoms with Crippen LogP contribution >= 0.6 is 0 Å². The normalized spacial score (nSPS) is 11.8. The topological polar surface area (TPSA) is 138 Å². The van der Waals surface area contributed by atoms with Crippen LogP contribution in [-0.2, 0) is 23.9 Å². The highest BCUT2D eigenvalue weighted by atomic mass is 16.6. The van der Waals surface area contributed by atoms with Crippen molar-refractivity contribution in [3.8, 4) is 0 Å². The van der Waals surface area contributed by atoms with Gasteiger partial charge in [-0.1, -0.05) is 6.08 Å². The number of rotatable bonds is 7. The predicted molar refractivity (Wildman–Crippen MR) is 60.4 cm³/mol. The Morgan fingerprint density at radius 2 is 1.47 bits per heavy atom. The minimum Gasteiger partial charge on any atom is -0.481 e. The smallest absolute Gasteiger partial charge is 0.349 e. The molecular weight excluding hydrogens is 260 g/mol. The second kappa shape index (κ2) is 6.53. The summed E-state index contributed by atoms with van der Waals surface area (Å²) >= 11 is 0. The molecule has 0 aromatic rings. The summed E-state index contributed by atoms with van der Waals surface area (Å²) in [4.78, 5) is 44.0. The molecule has 0 saturated heterocycles. The molecule has 0 spiro atoms. The first-order valence-electron chi connectivity index (χ1n) is 5.18. The van der Waals surface area contributed by atoms with E-state index in [0.29, 0.717) is 0 Å². The summed E-state index contributed by atoms with van der Waals surface area (Å²) in [5.41, 5.74) is -2.58. The van der Waals surface area contributed by atoms with Crippen molar-refractivity contribution >= 4 is 23.9 Å². The molecule has 0 amide bonds. The molecule has 0 unspecified atom stereocenters. The molecule has 106 valence electrons. The molecule has 3 N–H and O–H groups in total. The number of carboxylic acids is 3. The van der Waals surface area contributed by atoms with Crippen LogP contribution in [0.3, 0.4) is 0 Å². The van der Waals surface area contributed by atoms with Gasteiger partial charge in [0.05, 0.1) is 12.8 Å². The molecule has 0 atom stereocenters. The molecule has 0 heterocycles. The average Bonchev–Trinajstić information content (AvgIpc) is 2.25. The first-order chi connectivity index (χ1) is 8.64. The largest absolute Gasteiger partial charge is 0.481 e. The molecule has 8 heteroatoms. The monoisotopic (exact) mass is 274 g/mol. The molecule has 0 aliphatic rings. The van der Waals surface area contributed by atoms with Gasteiger partial charge in [0, 0.05) is 5.57 Å². The fourth-order valence-corrected chi connectivity index (χ4v) is 1.19. The zero-order chi connectivity index (χ0) is 15.2. The highest BCUT2D eigenvalue weighted by molar-refractivity contribution is 5.94. The van der Waals surface area contributed by atoms with Crippen LogP contribution in [-0.4, -0.2) is 44.8 Å². The summed E-state index contributed by atoms with van der Waals surface area (Å²) in [5.74, 6) is -6.08. The maximum Gasteiger partial charge on any atom is 0.349 e. The molecule has 0 aliphatic carbocycles. The Hall–Kier alpha value is -2.38. The van der Waals surface area contributed by atoms with E-state index in [1.54, 1.807) is 0 Å². The molecule has 0 aromatic carbocycles. The Morgan fingerprint density at radius 3 is 1.74 bits per heavy atom. The Labute approximate surface area is 108 Å². The van der Waals surface area contributed by atoms with Crippen molar-refractivity contribution < 1.29 is 39.2 Å². The second-order valence-corrected chi connectivity index (χ2v) is 3.80. The van der Waals surface area contributed by atoms with E-state index in [1.807, 2.05) is 0 Å². The van der Waals surface area contributed by atoms with E-state index in [2.05, 4.69) is 4.74 Å². The Kier molecular flexibility index (Phi) is 5.71. The fraction of sp³-hybridized carbons (Fsp3) is 0.455. The maximum atomic E-state index is 11.5. The van der Waals surface area contributed by atoms with Gasteiger partial charge in [-0.25, -0.2) is 9.59 Å². The van der Waals surface area contributed by atoms with Crippen molar-refractivity contribution in [1.82, 2.24) is 0 Å². The Balaban J connectivity index is 5.44. The molecule has 0 fully saturated rings.